The van der Waals surface area contributed by atoms with E-state index in [1.54, 1.807) is 12.1 Å². The highest BCUT2D eigenvalue weighted by molar-refractivity contribution is 6.02. The molecular weight excluding hydrogens is 330 g/mol. The van der Waals surface area contributed by atoms with Crippen molar-refractivity contribution >= 4 is 11.7 Å². The lowest BCUT2D eigenvalue weighted by atomic mass is 10.1. The van der Waals surface area contributed by atoms with Crippen LogP contribution in [0, 0.1) is 11.6 Å². The van der Waals surface area contributed by atoms with Gasteiger partial charge < -0.3 is 5.32 Å². The number of carbonyl (C=O) groups excluding carboxylic acids is 1. The van der Waals surface area contributed by atoms with E-state index in [1.165, 1.54) is 30.1 Å². The third-order valence-corrected chi connectivity index (χ3v) is 3.59. The molecule has 25 heavy (non-hydrogen) atoms. The largest absolute Gasteiger partial charge is 0.305 e. The van der Waals surface area contributed by atoms with Crippen molar-refractivity contribution in [2.75, 3.05) is 5.32 Å². The number of pyridine rings is 1. The summed E-state index contributed by atoms with van der Waals surface area (Å²) in [4.78, 5) is 27.5. The van der Waals surface area contributed by atoms with Crippen LogP contribution in [-0.2, 0) is 13.5 Å². The summed E-state index contributed by atoms with van der Waals surface area (Å²) in [6.07, 6.45) is 1.91. The first-order chi connectivity index (χ1) is 11.9. The van der Waals surface area contributed by atoms with Crippen LogP contribution in [0.15, 0.2) is 47.4 Å². The Hall–Kier alpha value is -3.29. The predicted molar refractivity (Wildman–Crippen MR) is 87.4 cm³/mol. The number of carbonyl (C=O) groups is 1. The van der Waals surface area contributed by atoms with Crippen LogP contribution in [0.25, 0.3) is 0 Å². The van der Waals surface area contributed by atoms with Gasteiger partial charge in [0.05, 0.1) is 0 Å². The fourth-order valence-electron chi connectivity index (χ4n) is 2.28. The van der Waals surface area contributed by atoms with Gasteiger partial charge in [-0.1, -0.05) is 12.1 Å². The van der Waals surface area contributed by atoms with E-state index in [2.05, 4.69) is 15.4 Å². The molecule has 8 heteroatoms. The number of hydrogen-bond acceptors (Lipinski definition) is 3. The third kappa shape index (κ3) is 3.79. The van der Waals surface area contributed by atoms with E-state index in [-0.39, 0.29) is 11.3 Å². The molecule has 128 valence electrons. The van der Waals surface area contributed by atoms with Gasteiger partial charge in [0.1, 0.15) is 11.5 Å². The minimum absolute atomic E-state index is 0.125. The summed E-state index contributed by atoms with van der Waals surface area (Å²) in [7, 11) is 1.50. The Labute approximate surface area is 141 Å². The zero-order valence-corrected chi connectivity index (χ0v) is 13.2. The highest BCUT2D eigenvalue weighted by Gasteiger charge is 2.11. The highest BCUT2D eigenvalue weighted by Crippen LogP contribution is 2.14. The molecule has 1 aromatic carbocycles. The number of rotatable bonds is 4. The molecule has 0 atom stereocenters. The molecule has 0 saturated carbocycles. The Balaban J connectivity index is 1.68. The number of aryl methyl sites for hydroxylation is 1. The summed E-state index contributed by atoms with van der Waals surface area (Å²) in [5, 5.41) is 5.18. The SMILES string of the molecule is Cn1[nH]c(C(=O)Nc2ccc(Cc3ccc(F)c(F)c3)cn2)cc1=O. The number of aromatic nitrogens is 3. The van der Waals surface area contributed by atoms with Crippen LogP contribution >= 0.6 is 0 Å². The van der Waals surface area contributed by atoms with Gasteiger partial charge in [-0.25, -0.2) is 13.8 Å². The average molecular weight is 344 g/mol. The van der Waals surface area contributed by atoms with Crippen LogP contribution in [0.3, 0.4) is 0 Å². The number of H-pyrrole nitrogens is 1. The molecule has 0 radical (unpaired) electrons. The van der Waals surface area contributed by atoms with E-state index >= 15 is 0 Å². The normalized spacial score (nSPS) is 10.7. The number of hydrogen-bond donors (Lipinski definition) is 2. The monoisotopic (exact) mass is 344 g/mol. The van der Waals surface area contributed by atoms with Crippen molar-refractivity contribution in [1.29, 1.82) is 0 Å². The van der Waals surface area contributed by atoms with E-state index in [4.69, 9.17) is 0 Å². The van der Waals surface area contributed by atoms with Gasteiger partial charge in [0.2, 0.25) is 0 Å². The first-order valence-corrected chi connectivity index (χ1v) is 7.38. The van der Waals surface area contributed by atoms with Gasteiger partial charge in [-0.3, -0.25) is 19.4 Å². The summed E-state index contributed by atoms with van der Waals surface area (Å²) in [6, 6.07) is 8.21. The Kier molecular flexibility index (Phi) is 4.42. The quantitative estimate of drug-likeness (QED) is 0.762. The van der Waals surface area contributed by atoms with Crippen molar-refractivity contribution in [1.82, 2.24) is 14.8 Å². The number of nitrogens with one attached hydrogen (secondary N) is 2. The minimum atomic E-state index is -0.897. The van der Waals surface area contributed by atoms with Gasteiger partial charge >= 0.3 is 0 Å². The van der Waals surface area contributed by atoms with Crippen molar-refractivity contribution in [2.24, 2.45) is 7.05 Å². The average Bonchev–Trinajstić information content (AvgIpc) is 2.92. The van der Waals surface area contributed by atoms with Gasteiger partial charge in [-0.2, -0.15) is 0 Å². The molecule has 2 heterocycles. The topological polar surface area (TPSA) is 79.8 Å². The van der Waals surface area contributed by atoms with E-state index in [0.29, 0.717) is 17.8 Å². The molecule has 0 spiro atoms. The molecule has 0 aliphatic carbocycles. The zero-order valence-electron chi connectivity index (χ0n) is 13.2. The predicted octanol–water partition coefficient (Wildman–Crippen LogP) is 2.23. The highest BCUT2D eigenvalue weighted by atomic mass is 19.2. The second kappa shape index (κ2) is 6.68. The number of amides is 1. The Bertz CT molecular complexity index is 977. The smallest absolute Gasteiger partial charge is 0.274 e. The van der Waals surface area contributed by atoms with E-state index in [0.717, 1.165) is 17.7 Å². The van der Waals surface area contributed by atoms with Crippen LogP contribution in [0.2, 0.25) is 0 Å². The number of nitrogens with zero attached hydrogens (tertiary/aromatic N) is 2. The van der Waals surface area contributed by atoms with Crippen molar-refractivity contribution in [3.05, 3.63) is 81.4 Å². The molecular formula is C17H14F2N4O2. The summed E-state index contributed by atoms with van der Waals surface area (Å²) >= 11 is 0. The van der Waals surface area contributed by atoms with Crippen LogP contribution in [0.4, 0.5) is 14.6 Å². The van der Waals surface area contributed by atoms with Crippen LogP contribution in [0.1, 0.15) is 21.6 Å². The Morgan fingerprint density at radius 1 is 1.16 bits per heavy atom. The van der Waals surface area contributed by atoms with Gasteiger partial charge in [0, 0.05) is 19.3 Å². The van der Waals surface area contributed by atoms with Gasteiger partial charge in [-0.05, 0) is 35.7 Å². The molecule has 1 amide bonds. The lowest BCUT2D eigenvalue weighted by Crippen LogP contribution is -2.14. The molecule has 2 aromatic heterocycles. The lowest BCUT2D eigenvalue weighted by Gasteiger charge is -2.05. The Morgan fingerprint density at radius 2 is 1.92 bits per heavy atom. The number of aromatic amines is 1. The maximum atomic E-state index is 13.2. The Morgan fingerprint density at radius 3 is 2.52 bits per heavy atom. The molecule has 2 N–H and O–H groups in total. The summed E-state index contributed by atoms with van der Waals surface area (Å²) in [6.45, 7) is 0. The van der Waals surface area contributed by atoms with Crippen LogP contribution < -0.4 is 10.9 Å². The fraction of sp³-hybridized carbons (Fsp3) is 0.118. The number of halogens is 2. The standard InChI is InChI=1S/C17H14F2N4O2/c1-23-16(24)8-14(22-23)17(25)21-15-5-3-11(9-20-15)6-10-2-4-12(18)13(19)7-10/h2-5,7-9,22H,6H2,1H3,(H,20,21,25). The van der Waals surface area contributed by atoms with E-state index in [1.807, 2.05) is 0 Å². The van der Waals surface area contributed by atoms with E-state index in [9.17, 15) is 18.4 Å². The number of benzene rings is 1. The van der Waals surface area contributed by atoms with Crippen molar-refractivity contribution in [2.45, 2.75) is 6.42 Å². The molecule has 0 aliphatic rings. The van der Waals surface area contributed by atoms with E-state index < -0.39 is 17.5 Å². The molecule has 0 saturated heterocycles. The molecule has 3 rings (SSSR count). The summed E-state index contributed by atoms with van der Waals surface area (Å²) < 4.78 is 27.3. The lowest BCUT2D eigenvalue weighted by molar-refractivity contribution is 0.102. The van der Waals surface area contributed by atoms with Gasteiger partial charge in [0.25, 0.3) is 11.5 Å². The maximum Gasteiger partial charge on any atom is 0.274 e. The first-order valence-electron chi connectivity index (χ1n) is 7.38. The van der Waals surface area contributed by atoms with Crippen LogP contribution in [-0.4, -0.2) is 20.7 Å². The second-order valence-corrected chi connectivity index (χ2v) is 5.50. The van der Waals surface area contributed by atoms with Crippen molar-refractivity contribution < 1.29 is 13.6 Å². The maximum absolute atomic E-state index is 13.2. The fourth-order valence-corrected chi connectivity index (χ4v) is 2.28. The molecule has 0 unspecified atom stereocenters. The second-order valence-electron chi connectivity index (χ2n) is 5.50. The summed E-state index contributed by atoms with van der Waals surface area (Å²) in [5.74, 6) is -1.97. The van der Waals surface area contributed by atoms with Crippen LogP contribution in [0.5, 0.6) is 0 Å². The molecule has 3 aromatic rings. The molecule has 0 fully saturated rings. The molecule has 6 nitrogen and oxygen atoms in total. The van der Waals surface area contributed by atoms with Crippen molar-refractivity contribution in [3.63, 3.8) is 0 Å². The minimum Gasteiger partial charge on any atom is -0.305 e. The zero-order chi connectivity index (χ0) is 18.0. The molecule has 0 bridgehead atoms. The third-order valence-electron chi connectivity index (χ3n) is 3.59. The summed E-state index contributed by atoms with van der Waals surface area (Å²) in [5.41, 5.74) is 1.19. The van der Waals surface area contributed by atoms with Crippen molar-refractivity contribution in [3.8, 4) is 0 Å². The first kappa shape index (κ1) is 16.6. The van der Waals surface area contributed by atoms with Gasteiger partial charge in [0.15, 0.2) is 11.6 Å². The van der Waals surface area contributed by atoms with Gasteiger partial charge in [-0.15, -0.1) is 0 Å². The molecule has 0 aliphatic heterocycles. The number of anilines is 1.